The Morgan fingerprint density at radius 2 is 1.36 bits per heavy atom. The van der Waals surface area contributed by atoms with Crippen LogP contribution in [0.25, 0.3) is 11.0 Å². The molecule has 1 heterocycles. The van der Waals surface area contributed by atoms with E-state index in [2.05, 4.69) is 15.6 Å². The first-order chi connectivity index (χ1) is 20.5. The van der Waals surface area contributed by atoms with Gasteiger partial charge in [0.1, 0.15) is 35.4 Å². The zero-order valence-corrected chi connectivity index (χ0v) is 23.6. The molecule has 0 radical (unpaired) electrons. The van der Waals surface area contributed by atoms with E-state index in [1.54, 1.807) is 79.4 Å². The van der Waals surface area contributed by atoms with E-state index in [1.165, 1.54) is 0 Å². The van der Waals surface area contributed by atoms with Crippen LogP contribution in [-0.2, 0) is 22.7 Å². The second-order valence-electron chi connectivity index (χ2n) is 9.50. The largest absolute Gasteiger partial charge is 0.497 e. The van der Waals surface area contributed by atoms with Gasteiger partial charge in [-0.3, -0.25) is 9.59 Å². The summed E-state index contributed by atoms with van der Waals surface area (Å²) >= 11 is 0. The van der Waals surface area contributed by atoms with E-state index in [9.17, 15) is 9.59 Å². The fraction of sp³-hybridized carbons (Fsp3) is 0.188. The van der Waals surface area contributed by atoms with Gasteiger partial charge in [-0.2, -0.15) is 0 Å². The van der Waals surface area contributed by atoms with Crippen molar-refractivity contribution in [3.63, 3.8) is 0 Å². The highest BCUT2D eigenvalue weighted by Gasteiger charge is 2.32. The van der Waals surface area contributed by atoms with Crippen LogP contribution in [0.4, 0.5) is 5.69 Å². The highest BCUT2D eigenvalue weighted by atomic mass is 16.5. The number of methoxy groups -OCH3 is 3. The van der Waals surface area contributed by atoms with E-state index < -0.39 is 6.04 Å². The highest BCUT2D eigenvalue weighted by molar-refractivity contribution is 5.98. The number of para-hydroxylation sites is 1. The molecule has 1 aromatic heterocycles. The maximum atomic E-state index is 14.2. The van der Waals surface area contributed by atoms with Gasteiger partial charge < -0.3 is 24.4 Å². The third-order valence-corrected chi connectivity index (χ3v) is 6.89. The number of carbonyl (C=O) groups excluding carboxylic acids is 2. The van der Waals surface area contributed by atoms with E-state index in [1.807, 2.05) is 48.5 Å². The normalized spacial score (nSPS) is 11.5. The Kier molecular flexibility index (Phi) is 8.62. The van der Waals surface area contributed by atoms with Crippen molar-refractivity contribution in [2.75, 3.05) is 26.6 Å². The fourth-order valence-electron chi connectivity index (χ4n) is 4.65. The molecule has 1 N–H and O–H groups in total. The summed E-state index contributed by atoms with van der Waals surface area (Å²) < 4.78 is 17.4. The number of hydrogen-bond acceptors (Lipinski definition) is 7. The van der Waals surface area contributed by atoms with Crippen LogP contribution in [0.15, 0.2) is 97.1 Å². The molecule has 10 nitrogen and oxygen atoms in total. The lowest BCUT2D eigenvalue weighted by Crippen LogP contribution is -2.42. The first kappa shape index (κ1) is 28.2. The smallest absolute Gasteiger partial charge is 0.251 e. The van der Waals surface area contributed by atoms with Crippen molar-refractivity contribution in [1.82, 2.24) is 19.9 Å². The standard InChI is InChI=1S/C32H31N5O5/c1-40-25-14-8-22(9-15-25)20-36(30(38)21-37-29-7-5-4-6-28(29)34-35-37)31(23-10-16-26(41-2)17-11-23)32(39)33-24-12-18-27(42-3)19-13-24/h4-19,31H,20-21H2,1-3H3,(H,33,39)/t31-/m0/s1. The highest BCUT2D eigenvalue weighted by Crippen LogP contribution is 2.29. The number of nitrogens with zero attached hydrogens (tertiary/aromatic N) is 4. The average Bonchev–Trinajstić information content (AvgIpc) is 3.44. The van der Waals surface area contributed by atoms with E-state index in [-0.39, 0.29) is 24.9 Å². The first-order valence-electron chi connectivity index (χ1n) is 13.3. The number of carbonyl (C=O) groups is 2. The molecule has 0 spiro atoms. The zero-order valence-electron chi connectivity index (χ0n) is 23.6. The fourth-order valence-corrected chi connectivity index (χ4v) is 4.65. The van der Waals surface area contributed by atoms with Gasteiger partial charge in [0.25, 0.3) is 5.91 Å². The maximum absolute atomic E-state index is 14.2. The molecule has 0 aliphatic rings. The van der Waals surface area contributed by atoms with Crippen molar-refractivity contribution in [3.05, 3.63) is 108 Å². The molecule has 214 valence electrons. The van der Waals surface area contributed by atoms with Gasteiger partial charge in [0.05, 0.1) is 26.8 Å². The summed E-state index contributed by atoms with van der Waals surface area (Å²) in [5.74, 6) is 1.30. The van der Waals surface area contributed by atoms with E-state index in [4.69, 9.17) is 14.2 Å². The van der Waals surface area contributed by atoms with Crippen LogP contribution < -0.4 is 19.5 Å². The molecule has 42 heavy (non-hydrogen) atoms. The summed E-state index contributed by atoms with van der Waals surface area (Å²) in [6.45, 7) is 0.0430. The lowest BCUT2D eigenvalue weighted by Gasteiger charge is -2.32. The van der Waals surface area contributed by atoms with Crippen LogP contribution in [0.3, 0.4) is 0 Å². The number of aromatic nitrogens is 3. The lowest BCUT2D eigenvalue weighted by atomic mass is 10.0. The third-order valence-electron chi connectivity index (χ3n) is 6.89. The molecule has 5 aromatic rings. The lowest BCUT2D eigenvalue weighted by molar-refractivity contribution is -0.140. The molecule has 10 heteroatoms. The molecule has 0 saturated heterocycles. The van der Waals surface area contributed by atoms with Gasteiger partial charge in [-0.15, -0.1) is 5.10 Å². The van der Waals surface area contributed by atoms with Gasteiger partial charge in [0, 0.05) is 12.2 Å². The monoisotopic (exact) mass is 565 g/mol. The molecule has 1 atom stereocenters. The predicted octanol–water partition coefficient (Wildman–Crippen LogP) is 4.87. The Bertz CT molecular complexity index is 1650. The van der Waals surface area contributed by atoms with Crippen molar-refractivity contribution in [1.29, 1.82) is 0 Å². The summed E-state index contributed by atoms with van der Waals surface area (Å²) in [5, 5.41) is 11.4. The van der Waals surface area contributed by atoms with Crippen LogP contribution in [0.5, 0.6) is 17.2 Å². The van der Waals surface area contributed by atoms with Gasteiger partial charge in [-0.1, -0.05) is 41.6 Å². The van der Waals surface area contributed by atoms with Crippen molar-refractivity contribution >= 4 is 28.5 Å². The van der Waals surface area contributed by atoms with Crippen molar-refractivity contribution in [3.8, 4) is 17.2 Å². The minimum atomic E-state index is -0.984. The van der Waals surface area contributed by atoms with Crippen molar-refractivity contribution in [2.45, 2.75) is 19.1 Å². The number of ether oxygens (including phenoxy) is 3. The van der Waals surface area contributed by atoms with E-state index in [0.717, 1.165) is 11.1 Å². The number of benzene rings is 4. The minimum absolute atomic E-state index is 0.112. The minimum Gasteiger partial charge on any atom is -0.497 e. The van der Waals surface area contributed by atoms with Gasteiger partial charge in [0.15, 0.2) is 0 Å². The molecule has 0 aliphatic carbocycles. The number of amides is 2. The first-order valence-corrected chi connectivity index (χ1v) is 13.3. The predicted molar refractivity (Wildman–Crippen MR) is 158 cm³/mol. The summed E-state index contributed by atoms with van der Waals surface area (Å²) in [6.07, 6.45) is 0. The number of rotatable bonds is 11. The van der Waals surface area contributed by atoms with Crippen LogP contribution in [0, 0.1) is 0 Å². The molecule has 5 rings (SSSR count). The van der Waals surface area contributed by atoms with Gasteiger partial charge in [0.2, 0.25) is 5.91 Å². The molecule has 4 aromatic carbocycles. The van der Waals surface area contributed by atoms with Crippen LogP contribution in [0.1, 0.15) is 17.2 Å². The Hall–Kier alpha value is -5.38. The number of nitrogens with one attached hydrogen (secondary N) is 1. The maximum Gasteiger partial charge on any atom is 0.251 e. The second kappa shape index (κ2) is 12.9. The topological polar surface area (TPSA) is 108 Å². The van der Waals surface area contributed by atoms with Crippen molar-refractivity contribution < 1.29 is 23.8 Å². The number of fused-ring (bicyclic) bond motifs is 1. The summed E-state index contributed by atoms with van der Waals surface area (Å²) in [5.41, 5.74) is 3.41. The Morgan fingerprint density at radius 3 is 1.98 bits per heavy atom. The van der Waals surface area contributed by atoms with Crippen molar-refractivity contribution in [2.24, 2.45) is 0 Å². The second-order valence-corrected chi connectivity index (χ2v) is 9.50. The number of hydrogen-bond donors (Lipinski definition) is 1. The molecular formula is C32H31N5O5. The number of anilines is 1. The quantitative estimate of drug-likeness (QED) is 0.244. The van der Waals surface area contributed by atoms with Gasteiger partial charge in [-0.25, -0.2) is 4.68 Å². The summed E-state index contributed by atoms with van der Waals surface area (Å²) in [4.78, 5) is 29.8. The molecule has 0 saturated carbocycles. The molecule has 0 aliphatic heterocycles. The SMILES string of the molecule is COc1ccc(CN(C(=O)Cn2nnc3ccccc32)[C@H](C(=O)Nc2ccc(OC)cc2)c2ccc(OC)cc2)cc1. The molecule has 0 bridgehead atoms. The Balaban J connectivity index is 1.54. The molecular weight excluding hydrogens is 534 g/mol. The van der Waals surface area contributed by atoms with Crippen LogP contribution in [-0.4, -0.2) is 53.0 Å². The van der Waals surface area contributed by atoms with Gasteiger partial charge >= 0.3 is 0 Å². The van der Waals surface area contributed by atoms with E-state index in [0.29, 0.717) is 34.0 Å². The average molecular weight is 566 g/mol. The molecule has 2 amide bonds. The zero-order chi connectivity index (χ0) is 29.5. The van der Waals surface area contributed by atoms with Gasteiger partial charge in [-0.05, 0) is 71.8 Å². The Labute approximate surface area is 243 Å². The van der Waals surface area contributed by atoms with Crippen LogP contribution in [0.2, 0.25) is 0 Å². The summed E-state index contributed by atoms with van der Waals surface area (Å²) in [6, 6.07) is 27.9. The van der Waals surface area contributed by atoms with E-state index >= 15 is 0 Å². The van der Waals surface area contributed by atoms with Crippen LogP contribution >= 0.6 is 0 Å². The third kappa shape index (κ3) is 6.33. The summed E-state index contributed by atoms with van der Waals surface area (Å²) in [7, 11) is 4.75. The Morgan fingerprint density at radius 1 is 0.786 bits per heavy atom. The molecule has 0 fully saturated rings. The molecule has 0 unspecified atom stereocenters.